The van der Waals surface area contributed by atoms with Gasteiger partial charge in [0.05, 0.1) is 5.69 Å². The topological polar surface area (TPSA) is 3.24 Å². The lowest BCUT2D eigenvalue weighted by molar-refractivity contribution is 0.773. The van der Waals surface area contributed by atoms with E-state index in [1.807, 2.05) is 11.9 Å². The average molecular weight is 299 g/mol. The largest absolute Gasteiger partial charge is 0.312 e. The number of nitrogens with zero attached hydrogens (tertiary/aromatic N) is 1. The van der Waals surface area contributed by atoms with E-state index in [-0.39, 0.29) is 7.43 Å². The molecule has 0 saturated carbocycles. The van der Waals surface area contributed by atoms with Crippen molar-refractivity contribution in [3.63, 3.8) is 0 Å². The Kier molecular flexibility index (Phi) is 5.35. The fraction of sp³-hybridized carbons (Fsp3) is 0.368. The quantitative estimate of drug-likeness (QED) is 0.646. The normalized spacial score (nSPS) is 14.1. The van der Waals surface area contributed by atoms with E-state index in [1.54, 1.807) is 0 Å². The standard InChI is InChI=1S/C18H21NS.CH4/c1-14-10-11-17(13-15(14)2)20-19-12-6-5-8-16-7-3-4-9-18(16)19;/h3-4,7,9-11,13H,5-6,8,12H2,1-2H3;1H4. The summed E-state index contributed by atoms with van der Waals surface area (Å²) in [6, 6.07) is 15.6. The van der Waals surface area contributed by atoms with E-state index in [2.05, 4.69) is 60.6 Å². The molecule has 0 radical (unpaired) electrons. The first-order chi connectivity index (χ1) is 9.74. The van der Waals surface area contributed by atoms with Crippen LogP contribution in [0.1, 0.15) is 37.0 Å². The van der Waals surface area contributed by atoms with Crippen molar-refractivity contribution in [2.24, 2.45) is 0 Å². The summed E-state index contributed by atoms with van der Waals surface area (Å²) in [7, 11) is 0. The monoisotopic (exact) mass is 299 g/mol. The Hall–Kier alpha value is -1.41. The molecule has 21 heavy (non-hydrogen) atoms. The summed E-state index contributed by atoms with van der Waals surface area (Å²) in [5.41, 5.74) is 5.62. The predicted octanol–water partition coefficient (Wildman–Crippen LogP) is 5.79. The number of fused-ring (bicyclic) bond motifs is 1. The molecule has 0 unspecified atom stereocenters. The molecule has 0 atom stereocenters. The van der Waals surface area contributed by atoms with Gasteiger partial charge in [0.15, 0.2) is 0 Å². The van der Waals surface area contributed by atoms with Gasteiger partial charge in [-0.05, 0) is 79.9 Å². The summed E-state index contributed by atoms with van der Waals surface area (Å²) in [5.74, 6) is 0. The van der Waals surface area contributed by atoms with Crippen molar-refractivity contribution >= 4 is 17.6 Å². The van der Waals surface area contributed by atoms with Gasteiger partial charge in [-0.15, -0.1) is 0 Å². The lowest BCUT2D eigenvalue weighted by atomic mass is 10.1. The van der Waals surface area contributed by atoms with Crippen LogP contribution in [-0.4, -0.2) is 6.54 Å². The molecule has 0 bridgehead atoms. The molecule has 0 aromatic heterocycles. The van der Waals surface area contributed by atoms with Crippen LogP contribution in [0.3, 0.4) is 0 Å². The maximum absolute atomic E-state index is 2.46. The molecule has 0 saturated heterocycles. The molecule has 0 amide bonds. The van der Waals surface area contributed by atoms with E-state index in [4.69, 9.17) is 0 Å². The van der Waals surface area contributed by atoms with Crippen molar-refractivity contribution in [2.45, 2.75) is 45.4 Å². The minimum absolute atomic E-state index is 0. The molecule has 2 aromatic rings. The number of hydrogen-bond acceptors (Lipinski definition) is 2. The van der Waals surface area contributed by atoms with Crippen LogP contribution in [0.4, 0.5) is 5.69 Å². The van der Waals surface area contributed by atoms with Crippen molar-refractivity contribution < 1.29 is 0 Å². The van der Waals surface area contributed by atoms with Crippen LogP contribution in [0, 0.1) is 13.8 Å². The molecule has 1 nitrogen and oxygen atoms in total. The van der Waals surface area contributed by atoms with Gasteiger partial charge in [0, 0.05) is 11.4 Å². The molecule has 3 rings (SSSR count). The molecule has 112 valence electrons. The first-order valence-corrected chi connectivity index (χ1v) is 8.12. The summed E-state index contributed by atoms with van der Waals surface area (Å²) in [5, 5.41) is 0. The average Bonchev–Trinajstić information content (AvgIpc) is 2.66. The smallest absolute Gasteiger partial charge is 0.0505 e. The van der Waals surface area contributed by atoms with Gasteiger partial charge in [-0.2, -0.15) is 0 Å². The highest BCUT2D eigenvalue weighted by atomic mass is 32.2. The fourth-order valence-corrected chi connectivity index (χ4v) is 3.76. The number of benzene rings is 2. The van der Waals surface area contributed by atoms with Crippen LogP contribution in [0.15, 0.2) is 47.4 Å². The highest BCUT2D eigenvalue weighted by Gasteiger charge is 2.16. The molecule has 1 aliphatic heterocycles. The minimum atomic E-state index is 0. The second-order valence-corrected chi connectivity index (χ2v) is 6.62. The molecule has 1 heterocycles. The van der Waals surface area contributed by atoms with E-state index >= 15 is 0 Å². The molecular formula is C19H25NS. The van der Waals surface area contributed by atoms with Crippen molar-refractivity contribution in [2.75, 3.05) is 10.8 Å². The van der Waals surface area contributed by atoms with Gasteiger partial charge in [-0.25, -0.2) is 0 Å². The number of anilines is 1. The summed E-state index contributed by atoms with van der Waals surface area (Å²) < 4.78 is 2.46. The van der Waals surface area contributed by atoms with Crippen molar-refractivity contribution in [1.82, 2.24) is 0 Å². The van der Waals surface area contributed by atoms with Crippen molar-refractivity contribution in [3.05, 3.63) is 59.2 Å². The lowest BCUT2D eigenvalue weighted by Gasteiger charge is -2.23. The van der Waals surface area contributed by atoms with Crippen LogP contribution >= 0.6 is 11.9 Å². The first-order valence-electron chi connectivity index (χ1n) is 7.35. The number of hydrogen-bond donors (Lipinski definition) is 0. The van der Waals surface area contributed by atoms with Gasteiger partial charge < -0.3 is 4.31 Å². The number of aryl methyl sites for hydroxylation is 3. The van der Waals surface area contributed by atoms with Crippen LogP contribution in [0.25, 0.3) is 0 Å². The first kappa shape index (κ1) is 16.0. The molecule has 0 fully saturated rings. The SMILES string of the molecule is C.Cc1ccc(SN2CCCCc3ccccc32)cc1C. The van der Waals surface area contributed by atoms with Gasteiger partial charge >= 0.3 is 0 Å². The molecule has 1 aliphatic rings. The maximum atomic E-state index is 2.46. The highest BCUT2D eigenvalue weighted by molar-refractivity contribution is 8.00. The molecule has 0 N–H and O–H groups in total. The Labute approximate surface area is 133 Å². The van der Waals surface area contributed by atoms with Gasteiger partial charge in [-0.1, -0.05) is 31.7 Å². The summed E-state index contributed by atoms with van der Waals surface area (Å²) >= 11 is 1.88. The molecule has 2 heteroatoms. The van der Waals surface area contributed by atoms with Crippen molar-refractivity contribution in [3.8, 4) is 0 Å². The number of para-hydroxylation sites is 1. The number of rotatable bonds is 2. The van der Waals surface area contributed by atoms with Crippen LogP contribution < -0.4 is 4.31 Å². The van der Waals surface area contributed by atoms with E-state index in [9.17, 15) is 0 Å². The Morgan fingerprint density at radius 2 is 1.76 bits per heavy atom. The van der Waals surface area contributed by atoms with Gasteiger partial charge in [-0.3, -0.25) is 0 Å². The molecule has 2 aromatic carbocycles. The van der Waals surface area contributed by atoms with Crippen LogP contribution in [0.2, 0.25) is 0 Å². The molecule has 0 aliphatic carbocycles. The molecular weight excluding hydrogens is 274 g/mol. The fourth-order valence-electron chi connectivity index (χ4n) is 2.65. The summed E-state index contributed by atoms with van der Waals surface area (Å²) in [4.78, 5) is 1.34. The Morgan fingerprint density at radius 3 is 2.57 bits per heavy atom. The third-order valence-electron chi connectivity index (χ3n) is 4.01. The second-order valence-electron chi connectivity index (χ2n) is 5.53. The maximum Gasteiger partial charge on any atom is 0.0505 e. The Balaban J connectivity index is 0.00000161. The second kappa shape index (κ2) is 7.04. The summed E-state index contributed by atoms with van der Waals surface area (Å²) in [6.07, 6.45) is 3.77. The van der Waals surface area contributed by atoms with Crippen LogP contribution in [0.5, 0.6) is 0 Å². The molecule has 0 spiro atoms. The lowest BCUT2D eigenvalue weighted by Crippen LogP contribution is -2.15. The van der Waals surface area contributed by atoms with Gasteiger partial charge in [0.2, 0.25) is 0 Å². The highest BCUT2D eigenvalue weighted by Crippen LogP contribution is 2.35. The van der Waals surface area contributed by atoms with Crippen molar-refractivity contribution in [1.29, 1.82) is 0 Å². The van der Waals surface area contributed by atoms with E-state index in [1.165, 1.54) is 46.5 Å². The predicted molar refractivity (Wildman–Crippen MR) is 95.2 cm³/mol. The van der Waals surface area contributed by atoms with E-state index < -0.39 is 0 Å². The third kappa shape index (κ3) is 3.62. The van der Waals surface area contributed by atoms with E-state index in [0.717, 1.165) is 6.54 Å². The Morgan fingerprint density at radius 1 is 0.952 bits per heavy atom. The minimum Gasteiger partial charge on any atom is -0.312 e. The zero-order chi connectivity index (χ0) is 13.9. The van der Waals surface area contributed by atoms with Gasteiger partial charge in [0.25, 0.3) is 0 Å². The summed E-state index contributed by atoms with van der Waals surface area (Å²) in [6.45, 7) is 5.50. The van der Waals surface area contributed by atoms with Crippen LogP contribution in [-0.2, 0) is 6.42 Å². The zero-order valence-electron chi connectivity index (χ0n) is 12.2. The van der Waals surface area contributed by atoms with Gasteiger partial charge in [0.1, 0.15) is 0 Å². The third-order valence-corrected chi connectivity index (χ3v) is 5.08. The van der Waals surface area contributed by atoms with E-state index in [0.29, 0.717) is 0 Å². The zero-order valence-corrected chi connectivity index (χ0v) is 13.0. The Bertz CT molecular complexity index is 606.